The molecular weight excluding hydrogens is 500 g/mol. The summed E-state index contributed by atoms with van der Waals surface area (Å²) in [5.74, 6) is 0.207. The van der Waals surface area contributed by atoms with Crippen molar-refractivity contribution in [3.8, 4) is 0 Å². The fourth-order valence-corrected chi connectivity index (χ4v) is 4.35. The minimum atomic E-state index is -3.44. The van der Waals surface area contributed by atoms with E-state index >= 15 is 0 Å². The van der Waals surface area contributed by atoms with Crippen LogP contribution in [0.15, 0.2) is 46.1 Å². The fourth-order valence-electron chi connectivity index (χ4n) is 2.93. The molecule has 11 heteroatoms. The van der Waals surface area contributed by atoms with Crippen LogP contribution in [0.3, 0.4) is 0 Å². The van der Waals surface area contributed by atoms with E-state index in [1.807, 2.05) is 11.0 Å². The maximum absolute atomic E-state index is 13.3. The molecule has 1 N–H and O–H groups in total. The first-order valence-electron chi connectivity index (χ1n) is 8.55. The van der Waals surface area contributed by atoms with Crippen molar-refractivity contribution >= 4 is 40.0 Å². The summed E-state index contributed by atoms with van der Waals surface area (Å²) < 4.78 is 44.4. The van der Waals surface area contributed by atoms with Gasteiger partial charge < -0.3 is 14.7 Å². The van der Waals surface area contributed by atoms with Gasteiger partial charge in [0.15, 0.2) is 5.96 Å². The molecule has 1 saturated heterocycles. The normalized spacial score (nSPS) is 15.9. The molecule has 0 saturated carbocycles. The molecule has 154 valence electrons. The molecule has 1 aliphatic rings. The van der Waals surface area contributed by atoms with Crippen LogP contribution >= 0.6 is 24.0 Å². The van der Waals surface area contributed by atoms with Crippen molar-refractivity contribution in [1.82, 2.24) is 19.7 Å². The molecule has 28 heavy (non-hydrogen) atoms. The highest BCUT2D eigenvalue weighted by Gasteiger charge is 2.28. The molecule has 0 unspecified atom stereocenters. The Hall–Kier alpha value is -1.73. The molecule has 0 amide bonds. The van der Waals surface area contributed by atoms with Crippen LogP contribution in [-0.2, 0) is 22.3 Å². The number of guanidine groups is 1. The van der Waals surface area contributed by atoms with Crippen molar-refractivity contribution in [3.63, 3.8) is 0 Å². The summed E-state index contributed by atoms with van der Waals surface area (Å²) in [5.41, 5.74) is 1.20. The zero-order chi connectivity index (χ0) is 19.3. The third kappa shape index (κ3) is 5.88. The number of aromatic nitrogens is 1. The maximum atomic E-state index is 13.3. The van der Waals surface area contributed by atoms with Gasteiger partial charge in [0.1, 0.15) is 17.8 Å². The van der Waals surface area contributed by atoms with Gasteiger partial charge in [-0.3, -0.25) is 4.99 Å². The standard InChI is InChI=1S/C17H22FN5O3S.HI/c1-19-17(20-12-14-3-2-4-15(18)11-14)22-6-8-23(9-7-22)27(24,25)13-16-5-10-26-21-16;/h2-5,10-11H,6-9,12-13H2,1H3,(H,19,20);1H. The number of piperazine rings is 1. The minimum absolute atomic E-state index is 0. The second-order valence-electron chi connectivity index (χ2n) is 6.16. The molecular formula is C17H23FIN5O3S. The van der Waals surface area contributed by atoms with Crippen LogP contribution in [0.1, 0.15) is 11.3 Å². The molecule has 1 aromatic heterocycles. The minimum Gasteiger partial charge on any atom is -0.364 e. The van der Waals surface area contributed by atoms with Crippen LogP contribution in [0.25, 0.3) is 0 Å². The first-order valence-corrected chi connectivity index (χ1v) is 10.2. The zero-order valence-corrected chi connectivity index (χ0v) is 18.6. The van der Waals surface area contributed by atoms with Crippen LogP contribution in [0.2, 0.25) is 0 Å². The summed E-state index contributed by atoms with van der Waals surface area (Å²) in [6.45, 7) is 2.19. The number of rotatable bonds is 5. The Balaban J connectivity index is 0.00000280. The summed E-state index contributed by atoms with van der Waals surface area (Å²) in [6.07, 6.45) is 1.36. The highest BCUT2D eigenvalue weighted by molar-refractivity contribution is 14.0. The quantitative estimate of drug-likeness (QED) is 0.364. The lowest BCUT2D eigenvalue weighted by molar-refractivity contribution is 0.259. The Bertz CT molecular complexity index is 884. The summed E-state index contributed by atoms with van der Waals surface area (Å²) >= 11 is 0. The average Bonchev–Trinajstić information content (AvgIpc) is 3.15. The molecule has 2 aromatic rings. The van der Waals surface area contributed by atoms with Crippen molar-refractivity contribution in [1.29, 1.82) is 0 Å². The van der Waals surface area contributed by atoms with Gasteiger partial charge in [-0.05, 0) is 17.7 Å². The summed E-state index contributed by atoms with van der Waals surface area (Å²) in [4.78, 5) is 6.23. The largest absolute Gasteiger partial charge is 0.364 e. The van der Waals surface area contributed by atoms with Crippen LogP contribution in [0.4, 0.5) is 4.39 Å². The smallest absolute Gasteiger partial charge is 0.220 e. The van der Waals surface area contributed by atoms with Crippen molar-refractivity contribution < 1.29 is 17.3 Å². The van der Waals surface area contributed by atoms with Crippen LogP contribution in [0, 0.1) is 5.82 Å². The van der Waals surface area contributed by atoms with Crippen LogP contribution in [-0.4, -0.2) is 62.0 Å². The van der Waals surface area contributed by atoms with E-state index < -0.39 is 10.0 Å². The number of sulfonamides is 1. The second kappa shape index (κ2) is 10.2. The lowest BCUT2D eigenvalue weighted by atomic mass is 10.2. The van der Waals surface area contributed by atoms with Crippen molar-refractivity contribution in [2.75, 3.05) is 33.2 Å². The predicted octanol–water partition coefficient (Wildman–Crippen LogP) is 1.65. The van der Waals surface area contributed by atoms with Gasteiger partial charge in [-0.25, -0.2) is 12.8 Å². The van der Waals surface area contributed by atoms with E-state index in [-0.39, 0.29) is 35.5 Å². The number of hydrogen-bond donors (Lipinski definition) is 1. The van der Waals surface area contributed by atoms with Crippen LogP contribution in [0.5, 0.6) is 0 Å². The number of aliphatic imine (C=N–C) groups is 1. The average molecular weight is 523 g/mol. The molecule has 0 bridgehead atoms. The van der Waals surface area contributed by atoms with E-state index in [1.165, 1.54) is 22.7 Å². The van der Waals surface area contributed by atoms with E-state index in [1.54, 1.807) is 19.2 Å². The highest BCUT2D eigenvalue weighted by atomic mass is 127. The molecule has 3 rings (SSSR count). The first-order chi connectivity index (χ1) is 13.0. The van der Waals surface area contributed by atoms with Gasteiger partial charge in [-0.2, -0.15) is 4.31 Å². The van der Waals surface area contributed by atoms with E-state index in [0.717, 1.165) is 5.56 Å². The van der Waals surface area contributed by atoms with Gasteiger partial charge in [-0.1, -0.05) is 17.3 Å². The second-order valence-corrected chi connectivity index (χ2v) is 8.13. The highest BCUT2D eigenvalue weighted by Crippen LogP contribution is 2.13. The first kappa shape index (κ1) is 22.6. The van der Waals surface area contributed by atoms with Crippen molar-refractivity contribution in [2.24, 2.45) is 4.99 Å². The molecule has 0 aliphatic carbocycles. The fraction of sp³-hybridized carbons (Fsp3) is 0.412. The molecule has 1 fully saturated rings. The third-order valence-corrected chi connectivity index (χ3v) is 6.12. The van der Waals surface area contributed by atoms with Gasteiger partial charge in [0.2, 0.25) is 10.0 Å². The lowest BCUT2D eigenvalue weighted by Crippen LogP contribution is -2.53. The van der Waals surface area contributed by atoms with E-state index in [9.17, 15) is 12.8 Å². The van der Waals surface area contributed by atoms with Gasteiger partial charge in [-0.15, -0.1) is 24.0 Å². The molecule has 2 heterocycles. The van der Waals surface area contributed by atoms with Crippen molar-refractivity contribution in [2.45, 2.75) is 12.3 Å². The molecule has 1 aliphatic heterocycles. The number of halogens is 2. The monoisotopic (exact) mass is 523 g/mol. The van der Waals surface area contributed by atoms with E-state index in [4.69, 9.17) is 4.52 Å². The Kier molecular flexibility index (Phi) is 8.19. The van der Waals surface area contributed by atoms with Gasteiger partial charge in [0.25, 0.3) is 0 Å². The van der Waals surface area contributed by atoms with Gasteiger partial charge in [0, 0.05) is 45.8 Å². The molecule has 1 aromatic carbocycles. The number of benzene rings is 1. The van der Waals surface area contributed by atoms with Crippen LogP contribution < -0.4 is 5.32 Å². The van der Waals surface area contributed by atoms with Gasteiger partial charge >= 0.3 is 0 Å². The third-order valence-electron chi connectivity index (χ3n) is 4.30. The summed E-state index contributed by atoms with van der Waals surface area (Å²) in [6, 6.07) is 7.91. The summed E-state index contributed by atoms with van der Waals surface area (Å²) in [5, 5.41) is 6.86. The molecule has 8 nitrogen and oxygen atoms in total. The topological polar surface area (TPSA) is 91.0 Å². The Labute approximate surface area is 180 Å². The Morgan fingerprint density at radius 1 is 1.29 bits per heavy atom. The zero-order valence-electron chi connectivity index (χ0n) is 15.4. The van der Waals surface area contributed by atoms with Crippen molar-refractivity contribution in [3.05, 3.63) is 53.7 Å². The number of nitrogens with one attached hydrogen (secondary N) is 1. The SMILES string of the molecule is CN=C(NCc1cccc(F)c1)N1CCN(S(=O)(=O)Cc2ccon2)CC1.I. The lowest BCUT2D eigenvalue weighted by Gasteiger charge is -2.35. The molecule has 0 atom stereocenters. The Morgan fingerprint density at radius 2 is 2.04 bits per heavy atom. The number of nitrogens with zero attached hydrogens (tertiary/aromatic N) is 4. The molecule has 0 radical (unpaired) electrons. The van der Waals surface area contributed by atoms with Gasteiger partial charge in [0.05, 0.1) is 5.69 Å². The number of hydrogen-bond acceptors (Lipinski definition) is 5. The van der Waals surface area contributed by atoms with E-state index in [2.05, 4.69) is 15.5 Å². The van der Waals surface area contributed by atoms with E-state index in [0.29, 0.717) is 44.4 Å². The Morgan fingerprint density at radius 3 is 2.64 bits per heavy atom. The predicted molar refractivity (Wildman–Crippen MR) is 114 cm³/mol. The summed E-state index contributed by atoms with van der Waals surface area (Å²) in [7, 11) is -1.77. The maximum Gasteiger partial charge on any atom is 0.220 e. The molecule has 0 spiro atoms.